The van der Waals surface area contributed by atoms with Gasteiger partial charge in [-0.05, 0) is 33.6 Å². The van der Waals surface area contributed by atoms with E-state index in [1.165, 1.54) is 10.8 Å². The summed E-state index contributed by atoms with van der Waals surface area (Å²) < 4.78 is 2.03. The second kappa shape index (κ2) is 4.22. The van der Waals surface area contributed by atoms with Crippen LogP contribution in [0.3, 0.4) is 0 Å². The van der Waals surface area contributed by atoms with Crippen LogP contribution in [-0.2, 0) is 0 Å². The highest BCUT2D eigenvalue weighted by Crippen LogP contribution is 2.29. The van der Waals surface area contributed by atoms with E-state index in [1.54, 1.807) is 12.3 Å². The van der Waals surface area contributed by atoms with Crippen molar-refractivity contribution in [1.82, 2.24) is 19.6 Å². The van der Waals surface area contributed by atoms with E-state index in [-0.39, 0.29) is 5.69 Å². The predicted octanol–water partition coefficient (Wildman–Crippen LogP) is 2.50. The summed E-state index contributed by atoms with van der Waals surface area (Å²) in [6.07, 6.45) is 2.94. The van der Waals surface area contributed by atoms with Crippen molar-refractivity contribution in [3.63, 3.8) is 0 Å². The van der Waals surface area contributed by atoms with Crippen LogP contribution in [-0.4, -0.2) is 19.6 Å². The molecule has 2 aromatic heterocycles. The van der Waals surface area contributed by atoms with Crippen molar-refractivity contribution in [3.05, 3.63) is 50.7 Å². The Kier molecular flexibility index (Phi) is 2.68. The van der Waals surface area contributed by atoms with Gasteiger partial charge in [0, 0.05) is 10.0 Å². The number of fused-ring (bicyclic) bond motifs is 1. The zero-order chi connectivity index (χ0) is 12.7. The minimum absolute atomic E-state index is 0.325. The van der Waals surface area contributed by atoms with E-state index in [0.717, 1.165) is 15.6 Å². The Bertz CT molecular complexity index is 795. The number of benzene rings is 1. The molecule has 0 aliphatic rings. The van der Waals surface area contributed by atoms with Gasteiger partial charge in [-0.25, -0.2) is 9.78 Å². The number of H-pyrrole nitrogens is 1. The summed E-state index contributed by atoms with van der Waals surface area (Å²) in [5.74, 6) is 0. The summed E-state index contributed by atoms with van der Waals surface area (Å²) in [7, 11) is 0. The molecule has 1 aromatic carbocycles. The van der Waals surface area contributed by atoms with Gasteiger partial charge in [-0.1, -0.05) is 17.7 Å². The van der Waals surface area contributed by atoms with Crippen LogP contribution in [0.2, 0.25) is 5.02 Å². The van der Waals surface area contributed by atoms with E-state index in [4.69, 9.17) is 11.6 Å². The maximum Gasteiger partial charge on any atom is 0.349 e. The average molecular weight is 326 g/mol. The Balaban J connectivity index is 2.29. The topological polar surface area (TPSA) is 63.0 Å². The lowest BCUT2D eigenvalue weighted by molar-refractivity contribution is 0.840. The van der Waals surface area contributed by atoms with Gasteiger partial charge < -0.3 is 0 Å². The van der Waals surface area contributed by atoms with E-state index < -0.39 is 0 Å². The molecule has 0 saturated heterocycles. The van der Waals surface area contributed by atoms with E-state index >= 15 is 0 Å². The number of hydrogen-bond acceptors (Lipinski definition) is 3. The first-order valence-electron chi connectivity index (χ1n) is 5.03. The lowest BCUT2D eigenvalue weighted by Crippen LogP contribution is -2.17. The Morgan fingerprint density at radius 1 is 1.39 bits per heavy atom. The molecule has 0 bridgehead atoms. The van der Waals surface area contributed by atoms with E-state index in [2.05, 4.69) is 31.0 Å². The third kappa shape index (κ3) is 1.74. The van der Waals surface area contributed by atoms with Crippen molar-refractivity contribution in [3.8, 4) is 11.1 Å². The van der Waals surface area contributed by atoms with Gasteiger partial charge in [0.05, 0.1) is 17.5 Å². The van der Waals surface area contributed by atoms with Crippen molar-refractivity contribution in [2.75, 3.05) is 0 Å². The molecule has 0 aliphatic carbocycles. The molecular formula is C11H6BrClN4O. The highest BCUT2D eigenvalue weighted by molar-refractivity contribution is 9.10. The second-order valence-electron chi connectivity index (χ2n) is 3.63. The van der Waals surface area contributed by atoms with Gasteiger partial charge in [0.2, 0.25) is 0 Å². The molecule has 5 nitrogen and oxygen atoms in total. The molecule has 0 radical (unpaired) electrons. The van der Waals surface area contributed by atoms with Gasteiger partial charge in [0.25, 0.3) is 0 Å². The predicted molar refractivity (Wildman–Crippen MR) is 71.8 cm³/mol. The maximum absolute atomic E-state index is 11.5. The molecule has 0 fully saturated rings. The highest BCUT2D eigenvalue weighted by atomic mass is 79.9. The van der Waals surface area contributed by atoms with Crippen molar-refractivity contribution in [2.45, 2.75) is 0 Å². The Hall–Kier alpha value is -1.66. The maximum atomic E-state index is 11.5. The van der Waals surface area contributed by atoms with Crippen LogP contribution in [0.5, 0.6) is 0 Å². The van der Waals surface area contributed by atoms with Crippen LogP contribution in [0, 0.1) is 0 Å². The quantitative estimate of drug-likeness (QED) is 0.747. The Labute approximate surface area is 115 Å². The highest BCUT2D eigenvalue weighted by Gasteiger charge is 2.10. The average Bonchev–Trinajstić information content (AvgIpc) is 2.78. The molecule has 0 spiro atoms. The standard InChI is InChI=1S/C11H6BrClN4O/c12-8-2-1-6(3-9(8)13)7-4-16-17-10(7)14-5-15-11(17)18/h1-5H,(H,14,15,18). The van der Waals surface area contributed by atoms with E-state index in [0.29, 0.717) is 10.7 Å². The summed E-state index contributed by atoms with van der Waals surface area (Å²) in [6, 6.07) is 5.52. The van der Waals surface area contributed by atoms with Crippen molar-refractivity contribution >= 4 is 33.2 Å². The summed E-state index contributed by atoms with van der Waals surface area (Å²) in [5, 5.41) is 4.60. The van der Waals surface area contributed by atoms with E-state index in [1.807, 2.05) is 12.1 Å². The van der Waals surface area contributed by atoms with Gasteiger partial charge in [-0.2, -0.15) is 9.61 Å². The smallest absolute Gasteiger partial charge is 0.296 e. The normalized spacial score (nSPS) is 11.0. The molecule has 0 aliphatic heterocycles. The number of aromatic amines is 1. The number of nitrogens with one attached hydrogen (secondary N) is 1. The number of hydrogen-bond donors (Lipinski definition) is 1. The Morgan fingerprint density at radius 2 is 2.22 bits per heavy atom. The molecule has 2 heterocycles. The molecule has 3 rings (SSSR count). The van der Waals surface area contributed by atoms with Gasteiger partial charge in [0.15, 0.2) is 5.65 Å². The van der Waals surface area contributed by atoms with Gasteiger partial charge in [-0.3, -0.25) is 4.98 Å². The third-order valence-corrected chi connectivity index (χ3v) is 3.77. The largest absolute Gasteiger partial charge is 0.349 e. The second-order valence-corrected chi connectivity index (χ2v) is 4.89. The number of aromatic nitrogens is 4. The first kappa shape index (κ1) is 11.4. The van der Waals surface area contributed by atoms with Crippen molar-refractivity contribution < 1.29 is 0 Å². The number of nitrogens with zero attached hydrogens (tertiary/aromatic N) is 3. The minimum Gasteiger partial charge on any atom is -0.296 e. The molecule has 0 saturated carbocycles. The van der Waals surface area contributed by atoms with Crippen LogP contribution in [0.15, 0.2) is 40.0 Å². The summed E-state index contributed by atoms with van der Waals surface area (Å²) in [4.78, 5) is 18.1. The van der Waals surface area contributed by atoms with Crippen LogP contribution >= 0.6 is 27.5 Å². The Morgan fingerprint density at radius 3 is 3.00 bits per heavy atom. The molecule has 1 N–H and O–H groups in total. The molecule has 3 aromatic rings. The summed E-state index contributed by atoms with van der Waals surface area (Å²) in [6.45, 7) is 0. The van der Waals surface area contributed by atoms with Crippen LogP contribution in [0.4, 0.5) is 0 Å². The lowest BCUT2D eigenvalue weighted by atomic mass is 10.1. The SMILES string of the molecule is O=c1[nH]cnc2c(-c3ccc(Br)c(Cl)c3)cnn12. The van der Waals surface area contributed by atoms with E-state index in [9.17, 15) is 4.79 Å². The summed E-state index contributed by atoms with van der Waals surface area (Å²) in [5.41, 5.74) is 1.79. The van der Waals surface area contributed by atoms with Gasteiger partial charge >= 0.3 is 5.69 Å². The fraction of sp³-hybridized carbons (Fsp3) is 0. The molecular weight excluding hydrogens is 320 g/mol. The van der Waals surface area contributed by atoms with Crippen LogP contribution < -0.4 is 5.69 Å². The minimum atomic E-state index is -0.325. The fourth-order valence-electron chi connectivity index (χ4n) is 1.69. The first-order chi connectivity index (χ1) is 8.66. The van der Waals surface area contributed by atoms with Gasteiger partial charge in [0.1, 0.15) is 0 Å². The molecule has 0 amide bonds. The van der Waals surface area contributed by atoms with Crippen LogP contribution in [0.25, 0.3) is 16.8 Å². The third-order valence-electron chi connectivity index (χ3n) is 2.54. The zero-order valence-electron chi connectivity index (χ0n) is 8.89. The van der Waals surface area contributed by atoms with Crippen LogP contribution in [0.1, 0.15) is 0 Å². The lowest BCUT2D eigenvalue weighted by Gasteiger charge is -2.01. The fourth-order valence-corrected chi connectivity index (χ4v) is 2.12. The molecule has 0 atom stereocenters. The molecule has 90 valence electrons. The number of rotatable bonds is 1. The monoisotopic (exact) mass is 324 g/mol. The van der Waals surface area contributed by atoms with Crippen molar-refractivity contribution in [1.29, 1.82) is 0 Å². The zero-order valence-corrected chi connectivity index (χ0v) is 11.2. The first-order valence-corrected chi connectivity index (χ1v) is 6.21. The van der Waals surface area contributed by atoms with Gasteiger partial charge in [-0.15, -0.1) is 0 Å². The molecule has 7 heteroatoms. The molecule has 18 heavy (non-hydrogen) atoms. The number of halogens is 2. The summed E-state index contributed by atoms with van der Waals surface area (Å²) >= 11 is 9.38. The molecule has 0 unspecified atom stereocenters. The van der Waals surface area contributed by atoms with Crippen molar-refractivity contribution in [2.24, 2.45) is 0 Å².